The molecule has 0 atom stereocenters. The average Bonchev–Trinajstić information content (AvgIpc) is 2.01. The van der Waals surface area contributed by atoms with Crippen LogP contribution in [-0.2, 0) is 6.42 Å². The minimum absolute atomic E-state index is 0.0533. The molecule has 0 saturated carbocycles. The molecule has 0 amide bonds. The van der Waals surface area contributed by atoms with Crippen molar-refractivity contribution in [2.75, 3.05) is 5.32 Å². The molecule has 0 aliphatic carbocycles. The second-order valence-electron chi connectivity index (χ2n) is 4.37. The van der Waals surface area contributed by atoms with Gasteiger partial charge in [0.2, 0.25) is 0 Å². The molecule has 1 aromatic rings. The van der Waals surface area contributed by atoms with Crippen molar-refractivity contribution in [1.29, 1.82) is 0 Å². The first kappa shape index (κ1) is 11.5. The lowest BCUT2D eigenvalue weighted by molar-refractivity contribution is 0.628. The van der Waals surface area contributed by atoms with Gasteiger partial charge in [0, 0.05) is 5.54 Å². The monoisotopic (exact) mass is 256 g/mol. The topological polar surface area (TPSA) is 24.9 Å². The van der Waals surface area contributed by atoms with Gasteiger partial charge in [-0.25, -0.2) is 4.98 Å². The van der Waals surface area contributed by atoms with Crippen molar-refractivity contribution in [2.24, 2.45) is 0 Å². The van der Waals surface area contributed by atoms with Crippen LogP contribution in [-0.4, -0.2) is 10.5 Å². The summed E-state index contributed by atoms with van der Waals surface area (Å²) in [6.07, 6.45) is 0.999. The van der Waals surface area contributed by atoms with Gasteiger partial charge in [0.05, 0.1) is 0 Å². The number of pyridine rings is 1. The number of hydrogen-bond donors (Lipinski definition) is 1. The van der Waals surface area contributed by atoms with Gasteiger partial charge >= 0.3 is 0 Å². The first-order chi connectivity index (χ1) is 6.42. The Bertz CT molecular complexity index is 316. The number of aryl methyl sites for hydroxylation is 1. The predicted molar refractivity (Wildman–Crippen MR) is 64.7 cm³/mol. The van der Waals surface area contributed by atoms with Gasteiger partial charge in [-0.1, -0.05) is 13.0 Å². The van der Waals surface area contributed by atoms with Crippen LogP contribution in [0, 0.1) is 0 Å². The zero-order chi connectivity index (χ0) is 10.8. The van der Waals surface area contributed by atoms with Crippen molar-refractivity contribution >= 4 is 21.7 Å². The minimum Gasteiger partial charge on any atom is -0.365 e. The van der Waals surface area contributed by atoms with Crippen LogP contribution in [0.2, 0.25) is 0 Å². The van der Waals surface area contributed by atoms with Gasteiger partial charge in [-0.05, 0) is 54.8 Å². The van der Waals surface area contributed by atoms with E-state index in [9.17, 15) is 0 Å². The van der Waals surface area contributed by atoms with Crippen LogP contribution >= 0.6 is 15.9 Å². The van der Waals surface area contributed by atoms with Crippen LogP contribution in [0.3, 0.4) is 0 Å². The van der Waals surface area contributed by atoms with Crippen LogP contribution in [0.15, 0.2) is 16.7 Å². The fourth-order valence-corrected chi connectivity index (χ4v) is 1.52. The maximum absolute atomic E-state index is 4.43. The second kappa shape index (κ2) is 4.30. The summed E-state index contributed by atoms with van der Waals surface area (Å²) in [6, 6.07) is 4.08. The van der Waals surface area contributed by atoms with Crippen LogP contribution in [0.4, 0.5) is 5.82 Å². The number of nitrogens with one attached hydrogen (secondary N) is 1. The molecule has 2 nitrogen and oxygen atoms in total. The first-order valence-electron chi connectivity index (χ1n) is 4.86. The first-order valence-corrected chi connectivity index (χ1v) is 5.65. The molecular weight excluding hydrogens is 240 g/mol. The molecular formula is C11H17BrN2. The number of anilines is 1. The third-order valence-electron chi connectivity index (χ3n) is 1.82. The number of halogens is 1. The fourth-order valence-electron chi connectivity index (χ4n) is 1.21. The molecule has 1 N–H and O–H groups in total. The van der Waals surface area contributed by atoms with Gasteiger partial charge in [-0.15, -0.1) is 0 Å². The van der Waals surface area contributed by atoms with Crippen LogP contribution in [0.5, 0.6) is 0 Å². The summed E-state index contributed by atoms with van der Waals surface area (Å²) in [6.45, 7) is 8.54. The summed E-state index contributed by atoms with van der Waals surface area (Å²) >= 11 is 3.38. The third kappa shape index (κ3) is 3.29. The standard InChI is InChI=1S/C11H17BrN2/c1-5-8-6-7-9(12)13-10(8)14-11(2,3)4/h6-7H,5H2,1-4H3,(H,13,14). The van der Waals surface area contributed by atoms with E-state index >= 15 is 0 Å². The molecule has 1 heterocycles. The van der Waals surface area contributed by atoms with Crippen molar-refractivity contribution in [3.8, 4) is 0 Å². The minimum atomic E-state index is 0.0533. The highest BCUT2D eigenvalue weighted by Crippen LogP contribution is 2.20. The summed E-state index contributed by atoms with van der Waals surface area (Å²) in [5.74, 6) is 0.981. The van der Waals surface area contributed by atoms with Crippen molar-refractivity contribution in [1.82, 2.24) is 4.98 Å². The molecule has 0 aromatic carbocycles. The van der Waals surface area contributed by atoms with E-state index in [1.807, 2.05) is 6.07 Å². The Hall–Kier alpha value is -0.570. The molecule has 0 spiro atoms. The maximum atomic E-state index is 4.43. The molecule has 78 valence electrons. The normalized spacial score (nSPS) is 11.5. The highest BCUT2D eigenvalue weighted by Gasteiger charge is 2.12. The Morgan fingerprint density at radius 2 is 2.00 bits per heavy atom. The molecule has 14 heavy (non-hydrogen) atoms. The Labute approximate surface area is 94.3 Å². The number of rotatable bonds is 2. The van der Waals surface area contributed by atoms with Crippen molar-refractivity contribution < 1.29 is 0 Å². The highest BCUT2D eigenvalue weighted by atomic mass is 79.9. The van der Waals surface area contributed by atoms with E-state index in [-0.39, 0.29) is 5.54 Å². The van der Waals surface area contributed by atoms with Gasteiger partial charge in [0.1, 0.15) is 10.4 Å². The molecule has 0 bridgehead atoms. The third-order valence-corrected chi connectivity index (χ3v) is 2.26. The molecule has 0 radical (unpaired) electrons. The molecule has 1 rings (SSSR count). The Morgan fingerprint density at radius 1 is 1.36 bits per heavy atom. The number of aromatic nitrogens is 1. The summed E-state index contributed by atoms with van der Waals surface area (Å²) in [7, 11) is 0. The molecule has 0 fully saturated rings. The van der Waals surface area contributed by atoms with Gasteiger partial charge in [-0.3, -0.25) is 0 Å². The zero-order valence-electron chi connectivity index (χ0n) is 9.19. The van der Waals surface area contributed by atoms with Gasteiger partial charge in [-0.2, -0.15) is 0 Å². The van der Waals surface area contributed by atoms with E-state index in [0.717, 1.165) is 16.8 Å². The lowest BCUT2D eigenvalue weighted by atomic mass is 10.1. The smallest absolute Gasteiger partial charge is 0.130 e. The van der Waals surface area contributed by atoms with Crippen molar-refractivity contribution in [2.45, 2.75) is 39.7 Å². The average molecular weight is 257 g/mol. The van der Waals surface area contributed by atoms with Gasteiger partial charge in [0.25, 0.3) is 0 Å². The van der Waals surface area contributed by atoms with Gasteiger partial charge < -0.3 is 5.32 Å². The fraction of sp³-hybridized carbons (Fsp3) is 0.545. The zero-order valence-corrected chi connectivity index (χ0v) is 10.8. The van der Waals surface area contributed by atoms with E-state index < -0.39 is 0 Å². The molecule has 1 aromatic heterocycles. The molecule has 0 saturated heterocycles. The predicted octanol–water partition coefficient (Wildman–Crippen LogP) is 3.62. The summed E-state index contributed by atoms with van der Waals surface area (Å²) in [5.41, 5.74) is 1.31. The van der Waals surface area contributed by atoms with Crippen molar-refractivity contribution in [3.05, 3.63) is 22.3 Å². The van der Waals surface area contributed by atoms with Gasteiger partial charge in [0.15, 0.2) is 0 Å². The maximum Gasteiger partial charge on any atom is 0.130 e. The second-order valence-corrected chi connectivity index (χ2v) is 5.18. The van der Waals surface area contributed by atoms with E-state index in [0.29, 0.717) is 0 Å². The lowest BCUT2D eigenvalue weighted by Gasteiger charge is -2.23. The van der Waals surface area contributed by atoms with E-state index in [1.54, 1.807) is 0 Å². The van der Waals surface area contributed by atoms with Crippen LogP contribution in [0.1, 0.15) is 33.3 Å². The summed E-state index contributed by atoms with van der Waals surface area (Å²) in [5, 5.41) is 3.40. The SMILES string of the molecule is CCc1ccc(Br)nc1NC(C)(C)C. The quantitative estimate of drug-likeness (QED) is 0.818. The Kier molecular flexibility index (Phi) is 3.53. The molecule has 0 aliphatic rings. The van der Waals surface area contributed by atoms with Crippen molar-refractivity contribution in [3.63, 3.8) is 0 Å². The largest absolute Gasteiger partial charge is 0.365 e. The summed E-state index contributed by atoms with van der Waals surface area (Å²) < 4.78 is 0.876. The van der Waals surface area contributed by atoms with Crippen LogP contribution in [0.25, 0.3) is 0 Å². The number of nitrogens with zero attached hydrogens (tertiary/aromatic N) is 1. The van der Waals surface area contributed by atoms with Crippen LogP contribution < -0.4 is 5.32 Å². The Morgan fingerprint density at radius 3 is 2.50 bits per heavy atom. The summed E-state index contributed by atoms with van der Waals surface area (Å²) in [4.78, 5) is 4.43. The lowest BCUT2D eigenvalue weighted by Crippen LogP contribution is -2.27. The van der Waals surface area contributed by atoms with E-state index in [2.05, 4.69) is 60.0 Å². The van der Waals surface area contributed by atoms with E-state index in [4.69, 9.17) is 0 Å². The molecule has 3 heteroatoms. The highest BCUT2D eigenvalue weighted by molar-refractivity contribution is 9.10. The Balaban J connectivity index is 2.99. The molecule has 0 aliphatic heterocycles. The number of hydrogen-bond acceptors (Lipinski definition) is 2. The molecule has 0 unspecified atom stereocenters. The van der Waals surface area contributed by atoms with E-state index in [1.165, 1.54) is 5.56 Å².